The highest BCUT2D eigenvalue weighted by Gasteiger charge is 2.34. The summed E-state index contributed by atoms with van der Waals surface area (Å²) in [6, 6.07) is 6.56. The molecular formula is C19H20FN3O5S. The van der Waals surface area contributed by atoms with Gasteiger partial charge in [-0.2, -0.15) is 8.42 Å². The van der Waals surface area contributed by atoms with E-state index in [9.17, 15) is 17.6 Å². The van der Waals surface area contributed by atoms with Crippen molar-refractivity contribution in [1.29, 1.82) is 0 Å². The second-order valence-corrected chi connectivity index (χ2v) is 8.70. The van der Waals surface area contributed by atoms with Gasteiger partial charge in [-0.05, 0) is 41.8 Å². The standard InChI is InChI=1S/C19H20FN3O5S/c1-29(25,26)27-12-16-11-23(19(24)28-16)15-2-3-18(17(20)8-15)22-7-5-13-4-6-21-9-14(13)10-22/h2-4,6,8-9,16H,5,7,10-12H2,1H3/t16-/m1/s1. The number of rotatable bonds is 5. The number of carbonyl (C=O) groups is 1. The molecule has 1 aromatic carbocycles. The molecule has 1 amide bonds. The molecule has 0 bridgehead atoms. The SMILES string of the molecule is CS(=O)(=O)OC[C@H]1CN(c2ccc(N3CCc4ccncc4C3)c(F)c2)C(=O)O1. The highest BCUT2D eigenvalue weighted by Crippen LogP contribution is 2.30. The summed E-state index contributed by atoms with van der Waals surface area (Å²) in [4.78, 5) is 19.4. The number of fused-ring (bicyclic) bond motifs is 1. The van der Waals surface area contributed by atoms with Crippen LogP contribution < -0.4 is 9.80 Å². The Bertz CT molecular complexity index is 1050. The predicted octanol–water partition coefficient (Wildman–Crippen LogP) is 2.08. The summed E-state index contributed by atoms with van der Waals surface area (Å²) in [5, 5.41) is 0. The maximum absolute atomic E-state index is 14.9. The van der Waals surface area contributed by atoms with Crippen LogP contribution in [0.25, 0.3) is 0 Å². The van der Waals surface area contributed by atoms with Crippen LogP contribution in [0.1, 0.15) is 11.1 Å². The number of halogens is 1. The first-order valence-corrected chi connectivity index (χ1v) is 10.9. The number of ether oxygens (including phenoxy) is 1. The fourth-order valence-corrected chi connectivity index (χ4v) is 3.93. The molecule has 8 nitrogen and oxygen atoms in total. The molecular weight excluding hydrogens is 401 g/mol. The minimum absolute atomic E-state index is 0.0793. The third kappa shape index (κ3) is 4.33. The molecule has 29 heavy (non-hydrogen) atoms. The molecule has 1 aromatic heterocycles. The van der Waals surface area contributed by atoms with E-state index in [1.54, 1.807) is 24.5 Å². The van der Waals surface area contributed by atoms with Crippen molar-refractivity contribution in [3.63, 3.8) is 0 Å². The summed E-state index contributed by atoms with van der Waals surface area (Å²) < 4.78 is 46.8. The molecule has 1 atom stereocenters. The van der Waals surface area contributed by atoms with Gasteiger partial charge in [0.1, 0.15) is 18.5 Å². The van der Waals surface area contributed by atoms with E-state index < -0.39 is 28.1 Å². The lowest BCUT2D eigenvalue weighted by molar-refractivity contribution is 0.107. The average Bonchev–Trinajstić information content (AvgIpc) is 3.06. The smallest absolute Gasteiger partial charge is 0.414 e. The van der Waals surface area contributed by atoms with E-state index in [2.05, 4.69) is 9.17 Å². The number of carbonyl (C=O) groups excluding carboxylic acids is 1. The van der Waals surface area contributed by atoms with Crippen molar-refractivity contribution in [1.82, 2.24) is 4.98 Å². The van der Waals surface area contributed by atoms with Gasteiger partial charge in [-0.25, -0.2) is 9.18 Å². The third-order valence-corrected chi connectivity index (χ3v) is 5.51. The first-order chi connectivity index (χ1) is 13.8. The minimum atomic E-state index is -3.64. The van der Waals surface area contributed by atoms with Crippen LogP contribution in [-0.2, 0) is 32.0 Å². The van der Waals surface area contributed by atoms with Crippen molar-refractivity contribution >= 4 is 27.6 Å². The summed E-state index contributed by atoms with van der Waals surface area (Å²) in [6.45, 7) is 1.05. The van der Waals surface area contributed by atoms with Crippen molar-refractivity contribution < 1.29 is 26.5 Å². The first kappa shape index (κ1) is 19.6. The van der Waals surface area contributed by atoms with E-state index in [0.29, 0.717) is 24.5 Å². The molecule has 10 heteroatoms. The summed E-state index contributed by atoms with van der Waals surface area (Å²) in [5.74, 6) is -0.446. The van der Waals surface area contributed by atoms with Crippen LogP contribution in [0.3, 0.4) is 0 Å². The molecule has 1 fully saturated rings. The van der Waals surface area contributed by atoms with Gasteiger partial charge in [0, 0.05) is 25.5 Å². The molecule has 0 saturated carbocycles. The van der Waals surface area contributed by atoms with E-state index in [1.165, 1.54) is 16.5 Å². The molecule has 0 spiro atoms. The summed E-state index contributed by atoms with van der Waals surface area (Å²) in [7, 11) is -3.64. The zero-order valence-corrected chi connectivity index (χ0v) is 16.6. The zero-order valence-electron chi connectivity index (χ0n) is 15.7. The predicted molar refractivity (Wildman–Crippen MR) is 104 cm³/mol. The van der Waals surface area contributed by atoms with Crippen LogP contribution in [0.5, 0.6) is 0 Å². The molecule has 154 valence electrons. The van der Waals surface area contributed by atoms with Gasteiger partial charge in [-0.1, -0.05) is 0 Å². The van der Waals surface area contributed by atoms with Crippen LogP contribution >= 0.6 is 0 Å². The fourth-order valence-electron chi connectivity index (χ4n) is 3.53. The minimum Gasteiger partial charge on any atom is -0.441 e. The second kappa shape index (κ2) is 7.60. The van der Waals surface area contributed by atoms with Gasteiger partial charge >= 0.3 is 6.09 Å². The largest absolute Gasteiger partial charge is 0.441 e. The number of benzene rings is 1. The number of hydrogen-bond acceptors (Lipinski definition) is 7. The Labute approximate surface area is 168 Å². The normalized spacial score (nSPS) is 19.2. The van der Waals surface area contributed by atoms with Crippen molar-refractivity contribution in [3.8, 4) is 0 Å². The Morgan fingerprint density at radius 2 is 2.14 bits per heavy atom. The molecule has 0 radical (unpaired) electrons. The van der Waals surface area contributed by atoms with Crippen LogP contribution in [0.15, 0.2) is 36.7 Å². The Morgan fingerprint density at radius 3 is 2.90 bits per heavy atom. The Morgan fingerprint density at radius 1 is 1.31 bits per heavy atom. The number of cyclic esters (lactones) is 1. The monoisotopic (exact) mass is 421 g/mol. The van der Waals surface area contributed by atoms with E-state index in [-0.39, 0.29) is 13.2 Å². The van der Waals surface area contributed by atoms with Crippen molar-refractivity contribution in [3.05, 3.63) is 53.6 Å². The Kier molecular flexibility index (Phi) is 5.13. The van der Waals surface area contributed by atoms with Gasteiger partial charge < -0.3 is 9.64 Å². The number of amides is 1. The van der Waals surface area contributed by atoms with Crippen LogP contribution in [0, 0.1) is 5.82 Å². The van der Waals surface area contributed by atoms with Crippen LogP contribution in [0.4, 0.5) is 20.6 Å². The molecule has 2 aliphatic rings. The lowest BCUT2D eigenvalue weighted by Gasteiger charge is -2.31. The Hall–Kier alpha value is -2.72. The lowest BCUT2D eigenvalue weighted by atomic mass is 10.0. The molecule has 4 rings (SSSR count). The van der Waals surface area contributed by atoms with Gasteiger partial charge in [0.05, 0.1) is 24.2 Å². The van der Waals surface area contributed by atoms with E-state index in [0.717, 1.165) is 18.2 Å². The van der Waals surface area contributed by atoms with Crippen molar-refractivity contribution in [2.75, 3.05) is 35.8 Å². The quantitative estimate of drug-likeness (QED) is 0.683. The maximum atomic E-state index is 14.9. The molecule has 2 aliphatic heterocycles. The zero-order chi connectivity index (χ0) is 20.6. The third-order valence-electron chi connectivity index (χ3n) is 4.94. The highest BCUT2D eigenvalue weighted by molar-refractivity contribution is 7.85. The van der Waals surface area contributed by atoms with E-state index >= 15 is 0 Å². The number of aromatic nitrogens is 1. The first-order valence-electron chi connectivity index (χ1n) is 9.09. The number of pyridine rings is 1. The van der Waals surface area contributed by atoms with Gasteiger partial charge in [0.25, 0.3) is 10.1 Å². The Balaban J connectivity index is 1.47. The molecule has 0 aliphatic carbocycles. The van der Waals surface area contributed by atoms with Gasteiger partial charge in [0.15, 0.2) is 0 Å². The summed E-state index contributed by atoms with van der Waals surface area (Å²) in [6.07, 6.45) is 3.87. The van der Waals surface area contributed by atoms with Crippen molar-refractivity contribution in [2.24, 2.45) is 0 Å². The van der Waals surface area contributed by atoms with Gasteiger partial charge in [0.2, 0.25) is 0 Å². The van der Waals surface area contributed by atoms with E-state index in [1.807, 2.05) is 11.0 Å². The summed E-state index contributed by atoms with van der Waals surface area (Å²) >= 11 is 0. The molecule has 2 aromatic rings. The number of hydrogen-bond donors (Lipinski definition) is 0. The van der Waals surface area contributed by atoms with E-state index in [4.69, 9.17) is 4.74 Å². The number of anilines is 2. The summed E-state index contributed by atoms with van der Waals surface area (Å²) in [5.41, 5.74) is 3.08. The van der Waals surface area contributed by atoms with Gasteiger partial charge in [-0.15, -0.1) is 0 Å². The number of nitrogens with zero attached hydrogens (tertiary/aromatic N) is 3. The second-order valence-electron chi connectivity index (χ2n) is 7.06. The molecule has 0 unspecified atom stereocenters. The van der Waals surface area contributed by atoms with Gasteiger partial charge in [-0.3, -0.25) is 14.1 Å². The average molecular weight is 421 g/mol. The fraction of sp³-hybridized carbons (Fsp3) is 0.368. The lowest BCUT2D eigenvalue weighted by Crippen LogP contribution is -2.31. The van der Waals surface area contributed by atoms with Crippen molar-refractivity contribution in [2.45, 2.75) is 19.1 Å². The topological polar surface area (TPSA) is 89.0 Å². The molecule has 1 saturated heterocycles. The van der Waals surface area contributed by atoms with Crippen LogP contribution in [-0.4, -0.2) is 51.6 Å². The maximum Gasteiger partial charge on any atom is 0.414 e. The van der Waals surface area contributed by atoms with Crippen LogP contribution in [0.2, 0.25) is 0 Å². The molecule has 0 N–H and O–H groups in total. The molecule has 3 heterocycles. The highest BCUT2D eigenvalue weighted by atomic mass is 32.2.